The molecule has 0 unspecified atom stereocenters. The maximum Gasteiger partial charge on any atom is 0.321 e. The van der Waals surface area contributed by atoms with Crippen LogP contribution < -0.4 is 24.8 Å². The van der Waals surface area contributed by atoms with Gasteiger partial charge in [-0.05, 0) is 50.3 Å². The number of ether oxygens (including phenoxy) is 2. The minimum absolute atomic E-state index is 0.00304. The van der Waals surface area contributed by atoms with E-state index in [1.165, 1.54) is 32.4 Å². The first-order chi connectivity index (χ1) is 15.2. The van der Waals surface area contributed by atoms with Crippen molar-refractivity contribution in [2.75, 3.05) is 29.6 Å². The van der Waals surface area contributed by atoms with Crippen molar-refractivity contribution in [2.24, 2.45) is 0 Å². The summed E-state index contributed by atoms with van der Waals surface area (Å²) < 4.78 is 37.7. The van der Waals surface area contributed by atoms with Crippen LogP contribution in [0.25, 0.3) is 0 Å². The first-order valence-corrected chi connectivity index (χ1v) is 10.9. The molecule has 0 saturated carbocycles. The van der Waals surface area contributed by atoms with Crippen molar-refractivity contribution >= 4 is 44.8 Å². The highest BCUT2D eigenvalue weighted by atomic mass is 32.2. The number of aryl methyl sites for hydroxylation is 2. The molecular weight excluding hydrogens is 456 g/mol. The van der Waals surface area contributed by atoms with E-state index < -0.39 is 10.0 Å². The van der Waals surface area contributed by atoms with Crippen molar-refractivity contribution in [2.45, 2.75) is 18.7 Å². The number of hydrogen-bond donors (Lipinski definition) is 3. The molecule has 168 valence electrons. The molecule has 0 fully saturated rings. The topological polar surface area (TPSA) is 153 Å². The van der Waals surface area contributed by atoms with E-state index >= 15 is 0 Å². The molecule has 0 atom stereocenters. The summed E-state index contributed by atoms with van der Waals surface area (Å²) in [5.41, 5.74) is 2.01. The molecule has 0 aliphatic heterocycles. The van der Waals surface area contributed by atoms with Crippen LogP contribution in [0.15, 0.2) is 35.2 Å². The van der Waals surface area contributed by atoms with Gasteiger partial charge in [-0.15, -0.1) is 5.10 Å². The number of sulfonamides is 1. The number of anilines is 3. The fraction of sp³-hybridized carbons (Fsp3) is 0.222. The lowest BCUT2D eigenvalue weighted by atomic mass is 10.3. The number of nitrogens with zero attached hydrogens (tertiary/aromatic N) is 5. The molecule has 0 amide bonds. The fourth-order valence-electron chi connectivity index (χ4n) is 2.34. The Labute approximate surface area is 189 Å². The Morgan fingerprint density at radius 1 is 0.938 bits per heavy atom. The molecule has 32 heavy (non-hydrogen) atoms. The maximum absolute atomic E-state index is 12.7. The Balaban J connectivity index is 1.69. The van der Waals surface area contributed by atoms with E-state index in [4.69, 9.17) is 21.7 Å². The van der Waals surface area contributed by atoms with Crippen molar-refractivity contribution in [3.05, 3.63) is 41.7 Å². The molecule has 0 saturated heterocycles. The van der Waals surface area contributed by atoms with Crippen LogP contribution in [0.4, 0.5) is 17.5 Å². The Bertz CT molecular complexity index is 1210. The molecule has 0 spiro atoms. The quantitative estimate of drug-likeness (QED) is 0.427. The number of thiocarbonyl (C=S) groups is 1. The van der Waals surface area contributed by atoms with Gasteiger partial charge in [0.15, 0.2) is 10.9 Å². The number of methoxy groups -OCH3 is 2. The Morgan fingerprint density at radius 3 is 2.28 bits per heavy atom. The van der Waals surface area contributed by atoms with Gasteiger partial charge in [0.05, 0.1) is 30.5 Å². The lowest BCUT2D eigenvalue weighted by Crippen LogP contribution is -2.21. The molecule has 14 heteroatoms. The zero-order valence-corrected chi connectivity index (χ0v) is 19.2. The summed E-state index contributed by atoms with van der Waals surface area (Å²) in [6.45, 7) is 3.62. The van der Waals surface area contributed by atoms with Crippen molar-refractivity contribution < 1.29 is 17.9 Å². The molecule has 3 aromatic rings. The molecule has 2 aromatic heterocycles. The first kappa shape index (κ1) is 23.0. The summed E-state index contributed by atoms with van der Waals surface area (Å²) in [6, 6.07) is 7.25. The molecule has 12 nitrogen and oxygen atoms in total. The lowest BCUT2D eigenvalue weighted by Gasteiger charge is -2.11. The van der Waals surface area contributed by atoms with Crippen molar-refractivity contribution in [1.82, 2.24) is 25.1 Å². The van der Waals surface area contributed by atoms with Crippen LogP contribution in [-0.4, -0.2) is 52.9 Å². The van der Waals surface area contributed by atoms with Crippen LogP contribution in [0, 0.1) is 13.8 Å². The molecular formula is C18H20N8O4S2. The molecule has 1 aromatic carbocycles. The van der Waals surface area contributed by atoms with Gasteiger partial charge in [-0.25, -0.2) is 13.4 Å². The normalized spacial score (nSPS) is 10.9. The number of rotatable bonds is 7. The molecule has 2 heterocycles. The second-order valence-corrected chi connectivity index (χ2v) is 8.39. The van der Waals surface area contributed by atoms with Crippen molar-refractivity contribution in [1.29, 1.82) is 0 Å². The van der Waals surface area contributed by atoms with Gasteiger partial charge in [0, 0.05) is 11.8 Å². The highest BCUT2D eigenvalue weighted by molar-refractivity contribution is 7.92. The minimum Gasteiger partial charge on any atom is -0.481 e. The third-order valence-electron chi connectivity index (χ3n) is 4.05. The van der Waals surface area contributed by atoms with Gasteiger partial charge in [0.25, 0.3) is 10.0 Å². The predicted octanol–water partition coefficient (Wildman–Crippen LogP) is 1.91. The molecule has 3 rings (SSSR count). The van der Waals surface area contributed by atoms with Crippen molar-refractivity contribution in [3.8, 4) is 11.9 Å². The molecule has 0 bridgehead atoms. The van der Waals surface area contributed by atoms with Gasteiger partial charge in [-0.3, -0.25) is 10.0 Å². The first-order valence-electron chi connectivity index (χ1n) is 9.06. The van der Waals surface area contributed by atoms with Crippen molar-refractivity contribution in [3.63, 3.8) is 0 Å². The average Bonchev–Trinajstić information content (AvgIpc) is 2.76. The Morgan fingerprint density at radius 2 is 1.66 bits per heavy atom. The second kappa shape index (κ2) is 9.65. The smallest absolute Gasteiger partial charge is 0.321 e. The van der Waals surface area contributed by atoms with E-state index in [9.17, 15) is 8.42 Å². The molecule has 0 radical (unpaired) electrons. The highest BCUT2D eigenvalue weighted by Gasteiger charge is 2.17. The van der Waals surface area contributed by atoms with E-state index in [1.54, 1.807) is 19.1 Å². The lowest BCUT2D eigenvalue weighted by molar-refractivity contribution is 0.353. The maximum atomic E-state index is 12.7. The number of nitrogens with one attached hydrogen (secondary N) is 3. The van der Waals surface area contributed by atoms with E-state index in [2.05, 4.69) is 40.5 Å². The number of benzene rings is 1. The van der Waals surface area contributed by atoms with Crippen LogP contribution >= 0.6 is 12.2 Å². The molecule has 0 aliphatic rings. The van der Waals surface area contributed by atoms with E-state index in [1.807, 2.05) is 6.92 Å². The third-order valence-corrected chi connectivity index (χ3v) is 5.63. The van der Waals surface area contributed by atoms with E-state index in [-0.39, 0.29) is 33.7 Å². The third kappa shape index (κ3) is 5.73. The number of aromatic nitrogens is 5. The monoisotopic (exact) mass is 476 g/mol. The Hall–Kier alpha value is -3.65. The van der Waals surface area contributed by atoms with Crippen LogP contribution in [0.1, 0.15) is 11.4 Å². The summed E-state index contributed by atoms with van der Waals surface area (Å²) in [5, 5.41) is 13.9. The minimum atomic E-state index is -3.92. The van der Waals surface area contributed by atoms with E-state index in [0.29, 0.717) is 5.69 Å². The fourth-order valence-corrected chi connectivity index (χ4v) is 3.54. The van der Waals surface area contributed by atoms with Crippen LogP contribution in [-0.2, 0) is 10.0 Å². The standard InChI is InChI=1S/C18H20N8O4S2/c1-10-11(2)24-25-16(19-10)23-18(31)20-12-5-7-13(8-6-12)32(27,28)26-14-9-15(29-3)22-17(21-14)30-4/h5-9H,1-4H3,(H,21,22,26)(H2,19,20,23,25,31). The highest BCUT2D eigenvalue weighted by Crippen LogP contribution is 2.21. The number of hydrogen-bond acceptors (Lipinski definition) is 10. The predicted molar refractivity (Wildman–Crippen MR) is 122 cm³/mol. The zero-order valence-electron chi connectivity index (χ0n) is 17.6. The van der Waals surface area contributed by atoms with Gasteiger partial charge in [-0.2, -0.15) is 15.1 Å². The Kier molecular flexibility index (Phi) is 6.95. The van der Waals surface area contributed by atoms with Crippen LogP contribution in [0.5, 0.6) is 11.9 Å². The summed E-state index contributed by atoms with van der Waals surface area (Å²) in [5.74, 6) is 0.408. The van der Waals surface area contributed by atoms with Gasteiger partial charge in [0.2, 0.25) is 11.8 Å². The second-order valence-electron chi connectivity index (χ2n) is 6.30. The largest absolute Gasteiger partial charge is 0.481 e. The average molecular weight is 477 g/mol. The summed E-state index contributed by atoms with van der Waals surface area (Å²) in [6.07, 6.45) is 0. The van der Waals surface area contributed by atoms with Crippen LogP contribution in [0.2, 0.25) is 0 Å². The summed E-state index contributed by atoms with van der Waals surface area (Å²) >= 11 is 5.24. The van der Waals surface area contributed by atoms with Gasteiger partial charge in [-0.1, -0.05) is 0 Å². The van der Waals surface area contributed by atoms with Crippen LogP contribution in [0.3, 0.4) is 0 Å². The van der Waals surface area contributed by atoms with Gasteiger partial charge in [0.1, 0.15) is 0 Å². The van der Waals surface area contributed by atoms with E-state index in [0.717, 1.165) is 11.4 Å². The summed E-state index contributed by atoms with van der Waals surface area (Å²) in [7, 11) is -1.16. The van der Waals surface area contributed by atoms with Gasteiger partial charge < -0.3 is 14.8 Å². The molecule has 3 N–H and O–H groups in total. The molecule has 0 aliphatic carbocycles. The van der Waals surface area contributed by atoms with Gasteiger partial charge >= 0.3 is 6.01 Å². The SMILES string of the molecule is COc1cc(NS(=O)(=O)c2ccc(NC(=S)Nc3nnc(C)c(C)n3)cc2)nc(OC)n1. The zero-order chi connectivity index (χ0) is 23.3. The summed E-state index contributed by atoms with van der Waals surface area (Å²) in [4.78, 5) is 12.1.